The molecule has 174 valence electrons. The second kappa shape index (κ2) is 8.67. The van der Waals surface area contributed by atoms with Gasteiger partial charge in [-0.1, -0.05) is 25.7 Å². The van der Waals surface area contributed by atoms with Gasteiger partial charge in [-0.15, -0.1) is 0 Å². The number of benzene rings is 1. The third-order valence-corrected chi connectivity index (χ3v) is 9.17. The number of hydrogen-bond donors (Lipinski definition) is 0. The van der Waals surface area contributed by atoms with Crippen LogP contribution in [0.1, 0.15) is 40.2 Å². The lowest BCUT2D eigenvalue weighted by atomic mass is 10.1. The first-order chi connectivity index (χ1) is 14.0. The van der Waals surface area contributed by atoms with Crippen molar-refractivity contribution in [2.75, 3.05) is 18.2 Å². The molecule has 0 N–H and O–H groups in total. The van der Waals surface area contributed by atoms with Crippen LogP contribution in [0.25, 0.3) is 0 Å². The van der Waals surface area contributed by atoms with Crippen LogP contribution < -0.4 is 4.90 Å². The van der Waals surface area contributed by atoms with Crippen molar-refractivity contribution in [3.63, 3.8) is 0 Å². The van der Waals surface area contributed by atoms with Crippen molar-refractivity contribution in [1.82, 2.24) is 0 Å². The van der Waals surface area contributed by atoms with E-state index >= 15 is 0 Å². The molecule has 31 heavy (non-hydrogen) atoms. The third-order valence-electron chi connectivity index (χ3n) is 5.02. The fraction of sp³-hybridized carbons (Fsp3) is 0.636. The number of nitrogens with zero attached hydrogens (tertiary/aromatic N) is 1. The molecule has 0 aromatic heterocycles. The molecule has 0 unspecified atom stereocenters. The lowest BCUT2D eigenvalue weighted by molar-refractivity contribution is -0.153. The average molecular weight is 470 g/mol. The molecule has 0 aliphatic carbocycles. The predicted octanol–water partition coefficient (Wildman–Crippen LogP) is 3.78. The predicted molar refractivity (Wildman–Crippen MR) is 124 cm³/mol. The summed E-state index contributed by atoms with van der Waals surface area (Å²) in [7, 11) is -5.19. The standard InChI is InChI=1S/C22H35NO6SSi/c1-21(2,3)29-19(24)14-16-9-10-18-17(13-16)23(15-28-11-12-31(6,7)8)20(25)22(4,5)30(18,26)27/h9-10,13H,11-12,14-15H2,1-8H3. The molecule has 0 atom stereocenters. The summed E-state index contributed by atoms with van der Waals surface area (Å²) in [6.45, 7) is 15.3. The van der Waals surface area contributed by atoms with Crippen molar-refractivity contribution in [3.8, 4) is 0 Å². The molecule has 1 heterocycles. The molecule has 1 aromatic rings. The molecule has 0 saturated carbocycles. The zero-order valence-corrected chi connectivity index (χ0v) is 21.7. The van der Waals surface area contributed by atoms with Gasteiger partial charge >= 0.3 is 5.97 Å². The summed E-state index contributed by atoms with van der Waals surface area (Å²) in [6, 6.07) is 5.57. The number of fused-ring (bicyclic) bond motifs is 1. The van der Waals surface area contributed by atoms with Crippen molar-refractivity contribution in [2.45, 2.75) is 82.0 Å². The normalized spacial score (nSPS) is 17.9. The van der Waals surface area contributed by atoms with Crippen molar-refractivity contribution in [1.29, 1.82) is 0 Å². The Hall–Kier alpha value is -1.71. The maximum Gasteiger partial charge on any atom is 0.310 e. The van der Waals surface area contributed by atoms with Crippen LogP contribution in [-0.4, -0.2) is 52.1 Å². The first-order valence-electron chi connectivity index (χ1n) is 10.4. The van der Waals surface area contributed by atoms with Gasteiger partial charge in [-0.25, -0.2) is 8.42 Å². The van der Waals surface area contributed by atoms with Crippen LogP contribution in [-0.2, 0) is 35.3 Å². The highest BCUT2D eigenvalue weighted by Gasteiger charge is 2.51. The van der Waals surface area contributed by atoms with E-state index in [1.54, 1.807) is 32.9 Å². The van der Waals surface area contributed by atoms with Gasteiger partial charge in [-0.05, 0) is 58.4 Å². The maximum absolute atomic E-state index is 13.1. The van der Waals surface area contributed by atoms with Crippen LogP contribution in [0.3, 0.4) is 0 Å². The molecular formula is C22H35NO6SSi. The van der Waals surface area contributed by atoms with Gasteiger partial charge in [-0.2, -0.15) is 0 Å². The molecule has 7 nitrogen and oxygen atoms in total. The van der Waals surface area contributed by atoms with Crippen molar-refractivity contribution in [3.05, 3.63) is 23.8 Å². The molecule has 1 aliphatic rings. The van der Waals surface area contributed by atoms with Gasteiger partial charge in [0.2, 0.25) is 5.91 Å². The molecule has 0 bridgehead atoms. The largest absolute Gasteiger partial charge is 0.460 e. The van der Waals surface area contributed by atoms with E-state index < -0.39 is 40.1 Å². The molecule has 0 saturated heterocycles. The fourth-order valence-electron chi connectivity index (χ4n) is 3.14. The Morgan fingerprint density at radius 3 is 2.32 bits per heavy atom. The van der Waals surface area contributed by atoms with Crippen LogP contribution in [0.2, 0.25) is 25.7 Å². The van der Waals surface area contributed by atoms with Crippen LogP contribution in [0.4, 0.5) is 5.69 Å². The van der Waals surface area contributed by atoms with Crippen LogP contribution >= 0.6 is 0 Å². The van der Waals surface area contributed by atoms with E-state index in [4.69, 9.17) is 9.47 Å². The van der Waals surface area contributed by atoms with E-state index in [0.717, 1.165) is 6.04 Å². The summed E-state index contributed by atoms with van der Waals surface area (Å²) in [5.74, 6) is -0.960. The Morgan fingerprint density at radius 1 is 1.16 bits per heavy atom. The molecule has 1 aromatic carbocycles. The Balaban J connectivity index is 2.37. The molecular weight excluding hydrogens is 434 g/mol. The van der Waals surface area contributed by atoms with E-state index in [-0.39, 0.29) is 23.7 Å². The zero-order valence-electron chi connectivity index (χ0n) is 19.9. The van der Waals surface area contributed by atoms with Crippen molar-refractivity contribution < 1.29 is 27.5 Å². The molecule has 0 spiro atoms. The third kappa shape index (κ3) is 5.96. The minimum atomic E-state index is -3.89. The highest BCUT2D eigenvalue weighted by Crippen LogP contribution is 2.40. The van der Waals surface area contributed by atoms with E-state index in [2.05, 4.69) is 19.6 Å². The van der Waals surface area contributed by atoms with Gasteiger partial charge in [0, 0.05) is 14.7 Å². The summed E-state index contributed by atoms with van der Waals surface area (Å²) >= 11 is 0. The molecule has 2 rings (SSSR count). The smallest absolute Gasteiger partial charge is 0.310 e. The SMILES string of the molecule is CC(C)(C)OC(=O)Cc1ccc2c(c1)N(COCC[Si](C)(C)C)C(=O)C(C)(C)S2(=O)=O. The number of esters is 1. The Labute approximate surface area is 187 Å². The maximum atomic E-state index is 13.1. The zero-order chi connectivity index (χ0) is 23.8. The summed E-state index contributed by atoms with van der Waals surface area (Å²) < 4.78 is 35.7. The quantitative estimate of drug-likeness (QED) is 0.343. The number of carbonyl (C=O) groups excluding carboxylic acids is 2. The van der Waals surface area contributed by atoms with E-state index in [1.807, 2.05) is 0 Å². The Kier molecular flexibility index (Phi) is 7.15. The summed E-state index contributed by atoms with van der Waals surface area (Å²) in [5.41, 5.74) is 0.200. The lowest BCUT2D eigenvalue weighted by Crippen LogP contribution is -2.55. The second-order valence-corrected chi connectivity index (χ2v) is 18.7. The number of carbonyl (C=O) groups is 2. The molecule has 1 amide bonds. The van der Waals surface area contributed by atoms with Crippen LogP contribution in [0.5, 0.6) is 0 Å². The fourth-order valence-corrected chi connectivity index (χ4v) is 5.48. The average Bonchev–Trinajstić information content (AvgIpc) is 2.57. The van der Waals surface area contributed by atoms with Crippen LogP contribution in [0, 0.1) is 0 Å². The van der Waals surface area contributed by atoms with Gasteiger partial charge in [-0.3, -0.25) is 14.5 Å². The highest BCUT2D eigenvalue weighted by molar-refractivity contribution is 7.94. The number of hydrogen-bond acceptors (Lipinski definition) is 6. The number of ether oxygens (including phenoxy) is 2. The van der Waals surface area contributed by atoms with Crippen molar-refractivity contribution >= 4 is 35.5 Å². The van der Waals surface area contributed by atoms with Gasteiger partial charge in [0.05, 0.1) is 17.0 Å². The Bertz CT molecular complexity index is 957. The van der Waals surface area contributed by atoms with Gasteiger partial charge in [0.25, 0.3) is 0 Å². The van der Waals surface area contributed by atoms with E-state index in [9.17, 15) is 18.0 Å². The Morgan fingerprint density at radius 2 is 1.77 bits per heavy atom. The van der Waals surface area contributed by atoms with Gasteiger partial charge < -0.3 is 9.47 Å². The lowest BCUT2D eigenvalue weighted by Gasteiger charge is -2.38. The van der Waals surface area contributed by atoms with Crippen LogP contribution in [0.15, 0.2) is 23.1 Å². The summed E-state index contributed by atoms with van der Waals surface area (Å²) in [4.78, 5) is 26.8. The number of rotatable bonds is 7. The first kappa shape index (κ1) is 25.5. The number of anilines is 1. The molecule has 0 fully saturated rings. The number of amides is 1. The minimum Gasteiger partial charge on any atom is -0.460 e. The summed E-state index contributed by atoms with van der Waals surface area (Å²) in [6.07, 6.45) is -0.0213. The number of sulfone groups is 1. The minimum absolute atomic E-state index is 0.0213. The first-order valence-corrected chi connectivity index (χ1v) is 15.6. The van der Waals surface area contributed by atoms with E-state index in [0.29, 0.717) is 12.2 Å². The highest BCUT2D eigenvalue weighted by atomic mass is 32.2. The summed E-state index contributed by atoms with van der Waals surface area (Å²) in [5, 5.41) is 0. The topological polar surface area (TPSA) is 90.0 Å². The molecule has 0 radical (unpaired) electrons. The monoisotopic (exact) mass is 469 g/mol. The molecule has 9 heteroatoms. The van der Waals surface area contributed by atoms with E-state index in [1.165, 1.54) is 24.8 Å². The van der Waals surface area contributed by atoms with Crippen molar-refractivity contribution in [2.24, 2.45) is 0 Å². The second-order valence-electron chi connectivity index (χ2n) is 10.7. The van der Waals surface area contributed by atoms with Gasteiger partial charge in [0.15, 0.2) is 9.84 Å². The van der Waals surface area contributed by atoms with Gasteiger partial charge in [0.1, 0.15) is 17.1 Å². The molecule has 1 aliphatic heterocycles.